The summed E-state index contributed by atoms with van der Waals surface area (Å²) >= 11 is 0. The van der Waals surface area contributed by atoms with Crippen molar-refractivity contribution in [3.8, 4) is 5.75 Å². The van der Waals surface area contributed by atoms with Gasteiger partial charge in [0.1, 0.15) is 5.75 Å². The fourth-order valence-electron chi connectivity index (χ4n) is 2.13. The molecule has 2 aromatic carbocycles. The summed E-state index contributed by atoms with van der Waals surface area (Å²) in [6, 6.07) is 15.9. The van der Waals surface area contributed by atoms with Gasteiger partial charge in [-0.2, -0.15) is 5.10 Å². The van der Waals surface area contributed by atoms with Gasteiger partial charge in [0.15, 0.2) is 0 Å². The lowest BCUT2D eigenvalue weighted by molar-refractivity contribution is -0.121. The van der Waals surface area contributed by atoms with Crippen LogP contribution in [-0.4, -0.2) is 19.2 Å². The van der Waals surface area contributed by atoms with E-state index in [9.17, 15) is 4.79 Å². The number of nitrogens with zero attached hydrogens (tertiary/aromatic N) is 1. The van der Waals surface area contributed by atoms with E-state index >= 15 is 0 Å². The lowest BCUT2D eigenvalue weighted by Crippen LogP contribution is -2.17. The third-order valence-corrected chi connectivity index (χ3v) is 3.51. The van der Waals surface area contributed by atoms with Crippen LogP contribution >= 0.6 is 0 Å². The molecule has 0 radical (unpaired) electrons. The first kappa shape index (κ1) is 16.7. The van der Waals surface area contributed by atoms with Crippen LogP contribution in [0.2, 0.25) is 0 Å². The number of carbonyl (C=O) groups is 1. The van der Waals surface area contributed by atoms with E-state index in [1.54, 1.807) is 13.3 Å². The van der Waals surface area contributed by atoms with E-state index in [4.69, 9.17) is 4.74 Å². The highest BCUT2D eigenvalue weighted by molar-refractivity contribution is 5.82. The number of carbonyl (C=O) groups excluding carboxylic acids is 1. The Morgan fingerprint density at radius 2 is 1.83 bits per heavy atom. The molecule has 0 heterocycles. The van der Waals surface area contributed by atoms with Gasteiger partial charge in [0.25, 0.3) is 0 Å². The standard InChI is InChI=1S/C19H22N2O2/c1-15-6-8-17(9-7-15)14-20-21-19(22)5-3-4-16-10-12-18(23-2)13-11-16/h6-14H,3-5H2,1-2H3,(H,21,22)/b20-14-. The molecule has 0 unspecified atom stereocenters. The highest BCUT2D eigenvalue weighted by atomic mass is 16.5. The summed E-state index contributed by atoms with van der Waals surface area (Å²) in [5.74, 6) is 0.777. The summed E-state index contributed by atoms with van der Waals surface area (Å²) in [6.07, 6.45) is 3.76. The van der Waals surface area contributed by atoms with Crippen LogP contribution in [0, 0.1) is 6.92 Å². The molecular weight excluding hydrogens is 288 g/mol. The van der Waals surface area contributed by atoms with E-state index < -0.39 is 0 Å². The van der Waals surface area contributed by atoms with Crippen LogP contribution in [0.15, 0.2) is 53.6 Å². The Morgan fingerprint density at radius 3 is 2.48 bits per heavy atom. The molecule has 2 aromatic rings. The smallest absolute Gasteiger partial charge is 0.240 e. The summed E-state index contributed by atoms with van der Waals surface area (Å²) in [4.78, 5) is 11.7. The highest BCUT2D eigenvalue weighted by Crippen LogP contribution is 2.13. The summed E-state index contributed by atoms with van der Waals surface area (Å²) in [7, 11) is 1.65. The molecule has 0 spiro atoms. The van der Waals surface area contributed by atoms with Gasteiger partial charge in [-0.1, -0.05) is 42.0 Å². The molecule has 0 saturated heterocycles. The topological polar surface area (TPSA) is 50.7 Å². The number of rotatable bonds is 7. The molecule has 2 rings (SSSR count). The van der Waals surface area contributed by atoms with Crippen molar-refractivity contribution in [3.63, 3.8) is 0 Å². The second-order valence-electron chi connectivity index (χ2n) is 5.41. The maximum atomic E-state index is 11.7. The van der Waals surface area contributed by atoms with Crippen molar-refractivity contribution in [3.05, 3.63) is 65.2 Å². The molecule has 0 aromatic heterocycles. The number of benzene rings is 2. The van der Waals surface area contributed by atoms with Crippen LogP contribution in [0.1, 0.15) is 29.5 Å². The Labute approximate surface area is 137 Å². The Kier molecular flexibility index (Phi) is 6.36. The molecule has 1 amide bonds. The van der Waals surface area contributed by atoms with E-state index in [1.165, 1.54) is 11.1 Å². The molecule has 0 saturated carbocycles. The van der Waals surface area contributed by atoms with E-state index in [0.717, 1.165) is 24.2 Å². The molecule has 23 heavy (non-hydrogen) atoms. The molecule has 1 N–H and O–H groups in total. The fraction of sp³-hybridized carbons (Fsp3) is 0.263. The first-order valence-corrected chi connectivity index (χ1v) is 7.69. The first-order chi connectivity index (χ1) is 11.2. The predicted molar refractivity (Wildman–Crippen MR) is 92.8 cm³/mol. The van der Waals surface area contributed by atoms with E-state index in [0.29, 0.717) is 6.42 Å². The van der Waals surface area contributed by atoms with Gasteiger partial charge in [-0.3, -0.25) is 4.79 Å². The van der Waals surface area contributed by atoms with Crippen molar-refractivity contribution in [2.75, 3.05) is 7.11 Å². The number of ether oxygens (including phenoxy) is 1. The van der Waals surface area contributed by atoms with Crippen molar-refractivity contribution in [1.29, 1.82) is 0 Å². The number of hydrogen-bond donors (Lipinski definition) is 1. The van der Waals surface area contributed by atoms with Crippen molar-refractivity contribution < 1.29 is 9.53 Å². The Hall–Kier alpha value is -2.62. The van der Waals surface area contributed by atoms with Gasteiger partial charge in [-0.25, -0.2) is 5.43 Å². The monoisotopic (exact) mass is 310 g/mol. The number of hydrogen-bond acceptors (Lipinski definition) is 3. The molecule has 0 aliphatic carbocycles. The molecule has 0 atom stereocenters. The zero-order chi connectivity index (χ0) is 16.5. The second-order valence-corrected chi connectivity index (χ2v) is 5.41. The largest absolute Gasteiger partial charge is 0.497 e. The number of hydrazone groups is 1. The van der Waals surface area contributed by atoms with Crippen LogP contribution in [-0.2, 0) is 11.2 Å². The van der Waals surface area contributed by atoms with Gasteiger partial charge >= 0.3 is 0 Å². The van der Waals surface area contributed by atoms with Crippen molar-refractivity contribution in [2.45, 2.75) is 26.2 Å². The van der Waals surface area contributed by atoms with Crippen LogP contribution in [0.3, 0.4) is 0 Å². The SMILES string of the molecule is COc1ccc(CCCC(=O)N/N=C\c2ccc(C)cc2)cc1. The van der Waals surface area contributed by atoms with Gasteiger partial charge < -0.3 is 4.74 Å². The third kappa shape index (κ3) is 5.94. The molecule has 0 fully saturated rings. The van der Waals surface area contributed by atoms with Crippen LogP contribution in [0.4, 0.5) is 0 Å². The molecule has 0 aliphatic heterocycles. The molecule has 120 valence electrons. The number of amides is 1. The highest BCUT2D eigenvalue weighted by Gasteiger charge is 2.01. The van der Waals surface area contributed by atoms with Crippen molar-refractivity contribution in [2.24, 2.45) is 5.10 Å². The van der Waals surface area contributed by atoms with Crippen molar-refractivity contribution >= 4 is 12.1 Å². The molecular formula is C19H22N2O2. The molecule has 0 bridgehead atoms. The van der Waals surface area contributed by atoms with Gasteiger partial charge in [0, 0.05) is 6.42 Å². The van der Waals surface area contributed by atoms with E-state index in [1.807, 2.05) is 55.5 Å². The van der Waals surface area contributed by atoms with E-state index in [2.05, 4.69) is 10.5 Å². The van der Waals surface area contributed by atoms with E-state index in [-0.39, 0.29) is 5.91 Å². The Morgan fingerprint density at radius 1 is 1.13 bits per heavy atom. The zero-order valence-electron chi connectivity index (χ0n) is 13.6. The second kappa shape index (κ2) is 8.73. The lowest BCUT2D eigenvalue weighted by Gasteiger charge is -2.03. The van der Waals surface area contributed by atoms with Gasteiger partial charge in [0.2, 0.25) is 5.91 Å². The average Bonchev–Trinajstić information content (AvgIpc) is 2.57. The van der Waals surface area contributed by atoms with Crippen LogP contribution in [0.5, 0.6) is 5.75 Å². The van der Waals surface area contributed by atoms with Gasteiger partial charge in [0.05, 0.1) is 13.3 Å². The van der Waals surface area contributed by atoms with Crippen LogP contribution in [0.25, 0.3) is 0 Å². The fourth-order valence-corrected chi connectivity index (χ4v) is 2.13. The average molecular weight is 310 g/mol. The Bertz CT molecular complexity index is 646. The minimum Gasteiger partial charge on any atom is -0.497 e. The normalized spacial score (nSPS) is 10.7. The van der Waals surface area contributed by atoms with Gasteiger partial charge in [-0.05, 0) is 43.0 Å². The van der Waals surface area contributed by atoms with Gasteiger partial charge in [-0.15, -0.1) is 0 Å². The number of aryl methyl sites for hydroxylation is 2. The summed E-state index contributed by atoms with van der Waals surface area (Å²) in [5.41, 5.74) is 5.92. The first-order valence-electron chi connectivity index (χ1n) is 7.69. The summed E-state index contributed by atoms with van der Waals surface area (Å²) in [6.45, 7) is 2.03. The predicted octanol–water partition coefficient (Wildman–Crippen LogP) is 3.48. The Balaban J connectivity index is 1.69. The van der Waals surface area contributed by atoms with Crippen LogP contribution < -0.4 is 10.2 Å². The maximum absolute atomic E-state index is 11.7. The number of nitrogens with one attached hydrogen (secondary N) is 1. The minimum atomic E-state index is -0.0677. The third-order valence-electron chi connectivity index (χ3n) is 3.51. The van der Waals surface area contributed by atoms with Crippen molar-refractivity contribution in [1.82, 2.24) is 5.43 Å². The zero-order valence-corrected chi connectivity index (χ0v) is 13.6. The molecule has 4 heteroatoms. The molecule has 4 nitrogen and oxygen atoms in total. The summed E-state index contributed by atoms with van der Waals surface area (Å²) in [5, 5.41) is 3.98. The quantitative estimate of drug-likeness (QED) is 0.629. The maximum Gasteiger partial charge on any atom is 0.240 e. The summed E-state index contributed by atoms with van der Waals surface area (Å²) < 4.78 is 5.12. The number of methoxy groups -OCH3 is 1. The minimum absolute atomic E-state index is 0.0677. The molecule has 0 aliphatic rings. The lowest BCUT2D eigenvalue weighted by atomic mass is 10.1.